The second kappa shape index (κ2) is 7.97. The number of benzene rings is 2. The Bertz CT molecular complexity index is 895. The van der Waals surface area contributed by atoms with Gasteiger partial charge >= 0.3 is 0 Å². The van der Waals surface area contributed by atoms with Gasteiger partial charge in [-0.1, -0.05) is 18.2 Å². The summed E-state index contributed by atoms with van der Waals surface area (Å²) >= 11 is 0. The summed E-state index contributed by atoms with van der Waals surface area (Å²) in [4.78, 5) is 0. The molecular weight excluding hydrogens is 372 g/mol. The average Bonchev–Trinajstić information content (AvgIpc) is 3.47. The third-order valence-corrected chi connectivity index (χ3v) is 5.65. The van der Waals surface area contributed by atoms with E-state index in [0.29, 0.717) is 19.1 Å². The van der Waals surface area contributed by atoms with E-state index in [-0.39, 0.29) is 25.8 Å². The smallest absolute Gasteiger partial charge is 0.231 e. The molecule has 3 atom stereocenters. The zero-order chi connectivity index (χ0) is 19.6. The highest BCUT2D eigenvalue weighted by molar-refractivity contribution is 5.45. The van der Waals surface area contributed by atoms with Gasteiger partial charge < -0.3 is 28.4 Å². The first kappa shape index (κ1) is 18.3. The van der Waals surface area contributed by atoms with Crippen molar-refractivity contribution in [2.75, 3.05) is 26.8 Å². The van der Waals surface area contributed by atoms with Crippen LogP contribution < -0.4 is 18.9 Å². The Balaban J connectivity index is 1.34. The van der Waals surface area contributed by atoms with E-state index in [1.165, 1.54) is 11.1 Å². The van der Waals surface area contributed by atoms with E-state index in [4.69, 9.17) is 28.4 Å². The van der Waals surface area contributed by atoms with Crippen LogP contribution in [0.25, 0.3) is 0 Å². The maximum atomic E-state index is 6.03. The average molecular weight is 396 g/mol. The van der Waals surface area contributed by atoms with Crippen molar-refractivity contribution in [3.05, 3.63) is 60.2 Å². The molecule has 6 heteroatoms. The van der Waals surface area contributed by atoms with Crippen molar-refractivity contribution in [1.29, 1.82) is 0 Å². The molecule has 0 aliphatic carbocycles. The first-order valence-corrected chi connectivity index (χ1v) is 9.91. The van der Waals surface area contributed by atoms with Gasteiger partial charge in [0, 0.05) is 5.92 Å². The van der Waals surface area contributed by atoms with Crippen molar-refractivity contribution in [1.82, 2.24) is 0 Å². The van der Waals surface area contributed by atoms with Crippen LogP contribution in [0.2, 0.25) is 0 Å². The highest BCUT2D eigenvalue weighted by Crippen LogP contribution is 2.39. The maximum absolute atomic E-state index is 6.03. The number of hydrogen-bond donors (Lipinski definition) is 0. The van der Waals surface area contributed by atoms with Crippen LogP contribution in [0, 0.1) is 11.8 Å². The molecule has 1 fully saturated rings. The van der Waals surface area contributed by atoms with Gasteiger partial charge in [-0.05, 0) is 54.2 Å². The lowest BCUT2D eigenvalue weighted by atomic mass is 9.84. The predicted octanol–water partition coefficient (Wildman–Crippen LogP) is 3.72. The Hall–Kier alpha value is -2.70. The van der Waals surface area contributed by atoms with Crippen molar-refractivity contribution in [3.63, 3.8) is 0 Å². The Morgan fingerprint density at radius 2 is 1.48 bits per heavy atom. The van der Waals surface area contributed by atoms with Crippen LogP contribution >= 0.6 is 0 Å². The summed E-state index contributed by atoms with van der Waals surface area (Å²) in [7, 11) is 0. The molecule has 2 aromatic rings. The van der Waals surface area contributed by atoms with Gasteiger partial charge in [-0.25, -0.2) is 0 Å². The molecular formula is C23H24O6. The van der Waals surface area contributed by atoms with Gasteiger partial charge in [0.1, 0.15) is 0 Å². The van der Waals surface area contributed by atoms with Gasteiger partial charge in [0.15, 0.2) is 29.3 Å². The lowest BCUT2D eigenvalue weighted by Crippen LogP contribution is -2.26. The topological polar surface area (TPSA) is 55.4 Å². The summed E-state index contributed by atoms with van der Waals surface area (Å²) in [5.41, 5.74) is 2.40. The third kappa shape index (κ3) is 3.78. The van der Waals surface area contributed by atoms with E-state index < -0.39 is 0 Å². The normalized spacial score (nSPS) is 24.1. The van der Waals surface area contributed by atoms with E-state index >= 15 is 0 Å². The Morgan fingerprint density at radius 3 is 2.14 bits per heavy atom. The molecule has 5 rings (SSSR count). The molecule has 0 bridgehead atoms. The van der Waals surface area contributed by atoms with E-state index in [2.05, 4.69) is 30.8 Å². The molecule has 0 spiro atoms. The number of rotatable bonds is 7. The van der Waals surface area contributed by atoms with Crippen LogP contribution in [0.5, 0.6) is 23.0 Å². The van der Waals surface area contributed by atoms with Gasteiger partial charge in [0.2, 0.25) is 13.6 Å². The molecule has 0 N–H and O–H groups in total. The van der Waals surface area contributed by atoms with Gasteiger partial charge in [0.05, 0.1) is 13.2 Å². The van der Waals surface area contributed by atoms with Gasteiger partial charge in [-0.2, -0.15) is 0 Å². The molecule has 0 radical (unpaired) electrons. The highest BCUT2D eigenvalue weighted by Gasteiger charge is 2.38. The quantitative estimate of drug-likeness (QED) is 0.665. The van der Waals surface area contributed by atoms with Crippen LogP contribution in [0.1, 0.15) is 11.1 Å². The Labute approximate surface area is 169 Å². The van der Waals surface area contributed by atoms with E-state index in [0.717, 1.165) is 35.8 Å². The molecule has 0 aromatic heterocycles. The Morgan fingerprint density at radius 1 is 0.862 bits per heavy atom. The van der Waals surface area contributed by atoms with E-state index in [1.807, 2.05) is 12.1 Å². The van der Waals surface area contributed by atoms with Gasteiger partial charge in [-0.3, -0.25) is 0 Å². The second-order valence-corrected chi connectivity index (χ2v) is 7.53. The van der Waals surface area contributed by atoms with Crippen LogP contribution in [-0.4, -0.2) is 33.1 Å². The zero-order valence-electron chi connectivity index (χ0n) is 16.2. The standard InChI is InChI=1S/C23H24O6/c1-2-7-24-23-18(9-16-4-6-20-22(11-16)29-14-27-20)17(12-25-23)8-15-3-5-19-21(10-15)28-13-26-19/h2-6,10-11,17-18,23H,1,7-9,12-14H2. The molecule has 0 saturated carbocycles. The van der Waals surface area contributed by atoms with Crippen molar-refractivity contribution < 1.29 is 28.4 Å². The Kier molecular flexibility index (Phi) is 5.04. The van der Waals surface area contributed by atoms with Crippen LogP contribution in [0.3, 0.4) is 0 Å². The summed E-state index contributed by atoms with van der Waals surface area (Å²) in [6.07, 6.45) is 3.23. The fourth-order valence-corrected chi connectivity index (χ4v) is 4.21. The number of ether oxygens (including phenoxy) is 6. The highest BCUT2D eigenvalue weighted by atomic mass is 16.7. The molecule has 3 unspecified atom stereocenters. The van der Waals surface area contributed by atoms with Gasteiger partial charge in [-0.15, -0.1) is 6.58 Å². The molecule has 3 aliphatic rings. The molecule has 6 nitrogen and oxygen atoms in total. The van der Waals surface area contributed by atoms with Crippen molar-refractivity contribution >= 4 is 0 Å². The SMILES string of the molecule is C=CCOC1OCC(Cc2ccc3c(c2)OCO3)C1Cc1ccc2c(c1)OCO2. The molecule has 3 aliphatic heterocycles. The van der Waals surface area contributed by atoms with Crippen LogP contribution in [0.4, 0.5) is 0 Å². The van der Waals surface area contributed by atoms with Gasteiger partial charge in [0.25, 0.3) is 0 Å². The summed E-state index contributed by atoms with van der Waals surface area (Å²) < 4.78 is 33.9. The van der Waals surface area contributed by atoms with E-state index in [9.17, 15) is 0 Å². The first-order chi connectivity index (χ1) is 14.3. The largest absolute Gasteiger partial charge is 0.454 e. The summed E-state index contributed by atoms with van der Waals surface area (Å²) in [5.74, 6) is 3.77. The van der Waals surface area contributed by atoms with Crippen LogP contribution in [0.15, 0.2) is 49.1 Å². The first-order valence-electron chi connectivity index (χ1n) is 9.91. The van der Waals surface area contributed by atoms with Crippen LogP contribution in [-0.2, 0) is 22.3 Å². The summed E-state index contributed by atoms with van der Waals surface area (Å²) in [6, 6.07) is 12.3. The monoisotopic (exact) mass is 396 g/mol. The molecule has 2 aromatic carbocycles. The van der Waals surface area contributed by atoms with Crippen molar-refractivity contribution in [2.45, 2.75) is 19.1 Å². The second-order valence-electron chi connectivity index (χ2n) is 7.53. The minimum atomic E-state index is -0.252. The zero-order valence-corrected chi connectivity index (χ0v) is 16.2. The molecule has 152 valence electrons. The summed E-state index contributed by atoms with van der Waals surface area (Å²) in [6.45, 7) is 5.45. The maximum Gasteiger partial charge on any atom is 0.231 e. The fourth-order valence-electron chi connectivity index (χ4n) is 4.21. The summed E-state index contributed by atoms with van der Waals surface area (Å²) in [5, 5.41) is 0. The minimum absolute atomic E-state index is 0.223. The predicted molar refractivity (Wildman–Crippen MR) is 105 cm³/mol. The van der Waals surface area contributed by atoms with Crippen molar-refractivity contribution in [3.8, 4) is 23.0 Å². The molecule has 29 heavy (non-hydrogen) atoms. The molecule has 3 heterocycles. The minimum Gasteiger partial charge on any atom is -0.454 e. The number of hydrogen-bond acceptors (Lipinski definition) is 6. The van der Waals surface area contributed by atoms with E-state index in [1.54, 1.807) is 6.08 Å². The lowest BCUT2D eigenvalue weighted by Gasteiger charge is -2.23. The third-order valence-electron chi connectivity index (χ3n) is 5.65. The van der Waals surface area contributed by atoms with Crippen molar-refractivity contribution in [2.24, 2.45) is 11.8 Å². The molecule has 1 saturated heterocycles. The number of fused-ring (bicyclic) bond motifs is 2. The molecule has 0 amide bonds. The fraction of sp³-hybridized carbons (Fsp3) is 0.391. The lowest BCUT2D eigenvalue weighted by molar-refractivity contribution is -0.122.